The lowest BCUT2D eigenvalue weighted by Gasteiger charge is -2.13. The molecule has 1 atom stereocenters. The highest BCUT2D eigenvalue weighted by molar-refractivity contribution is 7.80. The van der Waals surface area contributed by atoms with E-state index in [-0.39, 0.29) is 11.8 Å². The Hall–Kier alpha value is -1.53. The molecule has 6 heteroatoms. The average molecular weight is 311 g/mol. The van der Waals surface area contributed by atoms with Gasteiger partial charge in [0.2, 0.25) is 0 Å². The number of para-hydroxylation sites is 1. The van der Waals surface area contributed by atoms with Crippen LogP contribution in [0.2, 0.25) is 0 Å². The van der Waals surface area contributed by atoms with Gasteiger partial charge in [-0.2, -0.15) is 12.6 Å². The van der Waals surface area contributed by atoms with Gasteiger partial charge in [0.25, 0.3) is 0 Å². The molecule has 0 spiro atoms. The van der Waals surface area contributed by atoms with Crippen LogP contribution in [0.4, 0.5) is 0 Å². The molecule has 1 aromatic rings. The number of thiol groups is 1. The number of carbonyl (C=O) groups is 2. The Morgan fingerprint density at radius 1 is 1.29 bits per heavy atom. The molecular weight excluding hydrogens is 290 g/mol. The number of hydrogen-bond donors (Lipinski definition) is 2. The van der Waals surface area contributed by atoms with E-state index in [1.807, 2.05) is 12.1 Å². The molecule has 0 bridgehead atoms. The largest absolute Gasteiger partial charge is 0.496 e. The number of carbonyl (C=O) groups excluding carboxylic acids is 2. The van der Waals surface area contributed by atoms with Gasteiger partial charge >= 0.3 is 5.97 Å². The van der Waals surface area contributed by atoms with E-state index in [1.165, 1.54) is 7.11 Å². The van der Waals surface area contributed by atoms with Crippen LogP contribution in [0, 0.1) is 0 Å². The minimum absolute atomic E-state index is 0.0229. The van der Waals surface area contributed by atoms with Crippen molar-refractivity contribution in [2.24, 2.45) is 0 Å². The molecule has 0 saturated carbocycles. The van der Waals surface area contributed by atoms with Crippen molar-refractivity contribution >= 4 is 24.4 Å². The Labute approximate surface area is 130 Å². The van der Waals surface area contributed by atoms with Crippen LogP contribution >= 0.6 is 12.6 Å². The number of Topliss-reactive ketones (excluding diaryl/α,β-unsaturated/α-hetero) is 1. The van der Waals surface area contributed by atoms with Crippen LogP contribution in [-0.4, -0.2) is 44.3 Å². The van der Waals surface area contributed by atoms with Gasteiger partial charge in [-0.1, -0.05) is 12.1 Å². The van der Waals surface area contributed by atoms with Crippen molar-refractivity contribution in [3.05, 3.63) is 29.8 Å². The highest BCUT2D eigenvalue weighted by Gasteiger charge is 2.16. The van der Waals surface area contributed by atoms with Gasteiger partial charge in [-0.3, -0.25) is 9.59 Å². The normalized spacial score (nSPS) is 11.8. The second kappa shape index (κ2) is 9.41. The molecule has 0 aliphatic heterocycles. The van der Waals surface area contributed by atoms with Crippen LogP contribution in [0.15, 0.2) is 24.3 Å². The predicted octanol–water partition coefficient (Wildman–Crippen LogP) is 1.72. The Bertz CT molecular complexity index is 478. The first kappa shape index (κ1) is 17.5. The van der Waals surface area contributed by atoms with Gasteiger partial charge < -0.3 is 14.8 Å². The van der Waals surface area contributed by atoms with Crippen molar-refractivity contribution in [3.63, 3.8) is 0 Å². The lowest BCUT2D eigenvalue weighted by atomic mass is 10.1. The van der Waals surface area contributed by atoms with Gasteiger partial charge in [-0.05, 0) is 25.1 Å². The average Bonchev–Trinajstić information content (AvgIpc) is 2.53. The maximum Gasteiger partial charge on any atom is 0.323 e. The van der Waals surface area contributed by atoms with E-state index in [4.69, 9.17) is 4.74 Å². The van der Waals surface area contributed by atoms with Gasteiger partial charge in [0.05, 0.1) is 19.8 Å². The molecule has 0 amide bonds. The molecule has 0 aliphatic rings. The molecule has 116 valence electrons. The first-order valence-corrected chi connectivity index (χ1v) is 7.35. The highest BCUT2D eigenvalue weighted by atomic mass is 32.1. The second-order valence-corrected chi connectivity index (χ2v) is 4.80. The van der Waals surface area contributed by atoms with E-state index in [1.54, 1.807) is 19.2 Å². The Balaban J connectivity index is 2.42. The lowest BCUT2D eigenvalue weighted by Crippen LogP contribution is -2.39. The number of ketones is 1. The molecule has 0 aromatic heterocycles. The number of rotatable bonds is 9. The summed E-state index contributed by atoms with van der Waals surface area (Å²) in [7, 11) is 2.88. The fraction of sp³-hybridized carbons (Fsp3) is 0.467. The molecule has 1 N–H and O–H groups in total. The van der Waals surface area contributed by atoms with Crippen molar-refractivity contribution in [3.8, 4) is 5.75 Å². The molecule has 0 fully saturated rings. The molecule has 5 nitrogen and oxygen atoms in total. The maximum atomic E-state index is 12.1. The SMILES string of the molecule is COC(=O)[C@@H](CS)NCCCC(=O)c1ccccc1OC. The highest BCUT2D eigenvalue weighted by Crippen LogP contribution is 2.19. The summed E-state index contributed by atoms with van der Waals surface area (Å²) in [5, 5.41) is 3.02. The predicted molar refractivity (Wildman–Crippen MR) is 84.2 cm³/mol. The van der Waals surface area contributed by atoms with Gasteiger partial charge in [-0.25, -0.2) is 0 Å². The van der Waals surface area contributed by atoms with Crippen molar-refractivity contribution in [1.29, 1.82) is 0 Å². The summed E-state index contributed by atoms with van der Waals surface area (Å²) in [5.74, 6) is 0.613. The number of benzene rings is 1. The third-order valence-electron chi connectivity index (χ3n) is 3.05. The van der Waals surface area contributed by atoms with E-state index in [9.17, 15) is 9.59 Å². The van der Waals surface area contributed by atoms with Crippen molar-refractivity contribution in [1.82, 2.24) is 5.32 Å². The zero-order valence-electron chi connectivity index (χ0n) is 12.3. The van der Waals surface area contributed by atoms with Crippen LogP contribution in [0.25, 0.3) is 0 Å². The standard InChI is InChI=1S/C15H21NO4S/c1-19-14-8-4-3-6-11(14)13(17)7-5-9-16-12(10-21)15(18)20-2/h3-4,6,8,12,16,21H,5,7,9-10H2,1-2H3/t12-/m1/s1. The molecule has 0 aliphatic carbocycles. The third-order valence-corrected chi connectivity index (χ3v) is 3.41. The summed E-state index contributed by atoms with van der Waals surface area (Å²) in [6.45, 7) is 0.543. The van der Waals surface area contributed by atoms with Gasteiger partial charge in [0, 0.05) is 12.2 Å². The van der Waals surface area contributed by atoms with Crippen molar-refractivity contribution < 1.29 is 19.1 Å². The molecule has 0 saturated heterocycles. The number of methoxy groups -OCH3 is 2. The molecule has 1 aromatic carbocycles. The first-order valence-electron chi connectivity index (χ1n) is 6.72. The van der Waals surface area contributed by atoms with E-state index >= 15 is 0 Å². The summed E-state index contributed by atoms with van der Waals surface area (Å²) in [5.41, 5.74) is 0.582. The molecule has 1 rings (SSSR count). The van der Waals surface area contributed by atoms with Gasteiger partial charge in [0.1, 0.15) is 11.8 Å². The number of hydrogen-bond acceptors (Lipinski definition) is 6. The van der Waals surface area contributed by atoms with E-state index < -0.39 is 6.04 Å². The zero-order valence-corrected chi connectivity index (χ0v) is 13.2. The van der Waals surface area contributed by atoms with Crippen molar-refractivity contribution in [2.45, 2.75) is 18.9 Å². The third kappa shape index (κ3) is 5.40. The van der Waals surface area contributed by atoms with Gasteiger partial charge in [-0.15, -0.1) is 0 Å². The Morgan fingerprint density at radius 3 is 2.62 bits per heavy atom. The summed E-state index contributed by atoms with van der Waals surface area (Å²) in [6.07, 6.45) is 1.01. The maximum absolute atomic E-state index is 12.1. The molecule has 21 heavy (non-hydrogen) atoms. The minimum Gasteiger partial charge on any atom is -0.496 e. The first-order chi connectivity index (χ1) is 10.1. The van der Waals surface area contributed by atoms with Crippen LogP contribution in [-0.2, 0) is 9.53 Å². The minimum atomic E-state index is -0.445. The Kier molecular flexibility index (Phi) is 7.85. The summed E-state index contributed by atoms with van der Waals surface area (Å²) in [4.78, 5) is 23.5. The second-order valence-electron chi connectivity index (χ2n) is 4.44. The van der Waals surface area contributed by atoms with Crippen LogP contribution in [0.1, 0.15) is 23.2 Å². The number of esters is 1. The molecule has 0 heterocycles. The monoisotopic (exact) mass is 311 g/mol. The fourth-order valence-electron chi connectivity index (χ4n) is 1.90. The Morgan fingerprint density at radius 2 is 2.00 bits per heavy atom. The number of ether oxygens (including phenoxy) is 2. The zero-order chi connectivity index (χ0) is 15.7. The van der Waals surface area contributed by atoms with E-state index in [0.29, 0.717) is 36.5 Å². The summed E-state index contributed by atoms with van der Waals surface area (Å²) in [6, 6.07) is 6.70. The van der Waals surface area contributed by atoms with Crippen LogP contribution < -0.4 is 10.1 Å². The van der Waals surface area contributed by atoms with Gasteiger partial charge in [0.15, 0.2) is 5.78 Å². The van der Waals surface area contributed by atoms with E-state index in [2.05, 4.69) is 22.7 Å². The molecular formula is C15H21NO4S. The van der Waals surface area contributed by atoms with Crippen LogP contribution in [0.3, 0.4) is 0 Å². The van der Waals surface area contributed by atoms with Crippen molar-refractivity contribution in [2.75, 3.05) is 26.5 Å². The summed E-state index contributed by atoms with van der Waals surface area (Å²) < 4.78 is 9.81. The van der Waals surface area contributed by atoms with Crippen LogP contribution in [0.5, 0.6) is 5.75 Å². The molecule has 0 unspecified atom stereocenters. The summed E-state index contributed by atoms with van der Waals surface area (Å²) >= 11 is 4.09. The quantitative estimate of drug-likeness (QED) is 0.315. The fourth-order valence-corrected chi connectivity index (χ4v) is 2.18. The topological polar surface area (TPSA) is 64.6 Å². The lowest BCUT2D eigenvalue weighted by molar-refractivity contribution is -0.142. The smallest absolute Gasteiger partial charge is 0.323 e. The molecule has 0 radical (unpaired) electrons. The van der Waals surface area contributed by atoms with E-state index in [0.717, 1.165) is 0 Å². The number of nitrogens with one attached hydrogen (secondary N) is 1.